The Balaban J connectivity index is 2.10. The molecule has 0 spiro atoms. The third kappa shape index (κ3) is 4.81. The maximum atomic E-state index is 13.0. The summed E-state index contributed by atoms with van der Waals surface area (Å²) in [7, 11) is 0. The lowest BCUT2D eigenvalue weighted by Crippen LogP contribution is -2.35. The molecule has 124 valence electrons. The highest BCUT2D eigenvalue weighted by Crippen LogP contribution is 2.21. The van der Waals surface area contributed by atoms with Gasteiger partial charge in [0.2, 0.25) is 0 Å². The Bertz CT molecular complexity index is 659. The van der Waals surface area contributed by atoms with Crippen LogP contribution in [0.3, 0.4) is 0 Å². The van der Waals surface area contributed by atoms with Gasteiger partial charge >= 0.3 is 6.09 Å². The maximum absolute atomic E-state index is 13.0. The van der Waals surface area contributed by atoms with Gasteiger partial charge in [0.05, 0.1) is 17.9 Å². The molecule has 0 radical (unpaired) electrons. The number of halogens is 1. The first kappa shape index (κ1) is 17.0. The van der Waals surface area contributed by atoms with Crippen LogP contribution in [0.1, 0.15) is 46.0 Å². The molecule has 0 saturated carbocycles. The third-order valence-electron chi connectivity index (χ3n) is 3.18. The van der Waals surface area contributed by atoms with Gasteiger partial charge in [0, 0.05) is 0 Å². The molecule has 23 heavy (non-hydrogen) atoms. The summed E-state index contributed by atoms with van der Waals surface area (Å²) in [6.07, 6.45) is 1.85. The standard InChI is InChI=1S/C17H22FN3O2/c1-5-13(21-16(22)23-17(2,3)4)15-19-10-14(20-15)11-6-8-12(18)9-7-11/h6-10,13H,5H2,1-4H3,(H,19,20)(H,21,22)/t13-/m0/s1. The molecule has 0 bridgehead atoms. The van der Waals surface area contributed by atoms with Gasteiger partial charge in [-0.15, -0.1) is 0 Å². The molecule has 1 heterocycles. The van der Waals surface area contributed by atoms with Crippen molar-refractivity contribution in [3.8, 4) is 11.3 Å². The number of amides is 1. The zero-order chi connectivity index (χ0) is 17.0. The van der Waals surface area contributed by atoms with E-state index in [2.05, 4.69) is 15.3 Å². The van der Waals surface area contributed by atoms with Gasteiger partial charge in [-0.2, -0.15) is 0 Å². The fourth-order valence-corrected chi connectivity index (χ4v) is 2.10. The normalized spacial score (nSPS) is 12.7. The van der Waals surface area contributed by atoms with E-state index < -0.39 is 11.7 Å². The van der Waals surface area contributed by atoms with Crippen molar-refractivity contribution in [2.24, 2.45) is 0 Å². The van der Waals surface area contributed by atoms with Crippen molar-refractivity contribution in [2.45, 2.75) is 45.8 Å². The van der Waals surface area contributed by atoms with Crippen molar-refractivity contribution in [3.63, 3.8) is 0 Å². The summed E-state index contributed by atoms with van der Waals surface area (Å²) >= 11 is 0. The first-order chi connectivity index (χ1) is 10.8. The highest BCUT2D eigenvalue weighted by atomic mass is 19.1. The van der Waals surface area contributed by atoms with E-state index in [9.17, 15) is 9.18 Å². The van der Waals surface area contributed by atoms with Crippen molar-refractivity contribution in [1.29, 1.82) is 0 Å². The minimum atomic E-state index is -0.551. The van der Waals surface area contributed by atoms with Crippen LogP contribution < -0.4 is 5.32 Å². The zero-order valence-electron chi connectivity index (χ0n) is 13.8. The Hall–Kier alpha value is -2.37. The van der Waals surface area contributed by atoms with Crippen molar-refractivity contribution in [1.82, 2.24) is 15.3 Å². The highest BCUT2D eigenvalue weighted by Gasteiger charge is 2.21. The minimum absolute atomic E-state index is 0.279. The quantitative estimate of drug-likeness (QED) is 0.888. The predicted octanol–water partition coefficient (Wildman–Crippen LogP) is 4.19. The van der Waals surface area contributed by atoms with Crippen LogP contribution in [0.2, 0.25) is 0 Å². The number of hydrogen-bond acceptors (Lipinski definition) is 3. The van der Waals surface area contributed by atoms with E-state index in [0.29, 0.717) is 12.2 Å². The van der Waals surface area contributed by atoms with E-state index in [1.54, 1.807) is 18.3 Å². The minimum Gasteiger partial charge on any atom is -0.444 e. The predicted molar refractivity (Wildman–Crippen MR) is 86.4 cm³/mol. The summed E-state index contributed by atoms with van der Waals surface area (Å²) in [6.45, 7) is 7.38. The van der Waals surface area contributed by atoms with Crippen LogP contribution in [0, 0.1) is 5.82 Å². The molecular weight excluding hydrogens is 297 g/mol. The monoisotopic (exact) mass is 319 g/mol. The zero-order valence-corrected chi connectivity index (χ0v) is 13.8. The lowest BCUT2D eigenvalue weighted by molar-refractivity contribution is 0.0500. The topological polar surface area (TPSA) is 67.0 Å². The van der Waals surface area contributed by atoms with Crippen LogP contribution in [0.4, 0.5) is 9.18 Å². The SMILES string of the molecule is CC[C@H](NC(=O)OC(C)(C)C)c1ncc(-c2ccc(F)cc2)[nH]1. The van der Waals surface area contributed by atoms with Gasteiger partial charge in [-0.25, -0.2) is 14.2 Å². The summed E-state index contributed by atoms with van der Waals surface area (Å²) in [6, 6.07) is 5.86. The molecule has 0 aliphatic heterocycles. The van der Waals surface area contributed by atoms with E-state index in [-0.39, 0.29) is 11.9 Å². The smallest absolute Gasteiger partial charge is 0.408 e. The van der Waals surface area contributed by atoms with Gasteiger partial charge in [-0.3, -0.25) is 0 Å². The number of H-pyrrole nitrogens is 1. The molecular formula is C17H22FN3O2. The molecule has 6 heteroatoms. The van der Waals surface area contributed by atoms with Gasteiger partial charge in [0.1, 0.15) is 17.2 Å². The van der Waals surface area contributed by atoms with Crippen molar-refractivity contribution >= 4 is 6.09 Å². The Morgan fingerprint density at radius 3 is 2.57 bits per heavy atom. The largest absolute Gasteiger partial charge is 0.444 e. The fraction of sp³-hybridized carbons (Fsp3) is 0.412. The van der Waals surface area contributed by atoms with E-state index in [0.717, 1.165) is 11.3 Å². The number of nitrogens with one attached hydrogen (secondary N) is 2. The number of ether oxygens (including phenoxy) is 1. The van der Waals surface area contributed by atoms with Crippen LogP contribution >= 0.6 is 0 Å². The van der Waals surface area contributed by atoms with Crippen LogP contribution in [-0.4, -0.2) is 21.7 Å². The lowest BCUT2D eigenvalue weighted by atomic mass is 10.2. The molecule has 0 aliphatic carbocycles. The molecule has 1 atom stereocenters. The first-order valence-corrected chi connectivity index (χ1v) is 7.59. The van der Waals surface area contributed by atoms with Gasteiger partial charge < -0.3 is 15.0 Å². The van der Waals surface area contributed by atoms with E-state index in [4.69, 9.17) is 4.74 Å². The Labute approximate surface area is 135 Å². The van der Waals surface area contributed by atoms with Gasteiger partial charge in [-0.1, -0.05) is 6.92 Å². The second-order valence-corrected chi connectivity index (χ2v) is 6.30. The summed E-state index contributed by atoms with van der Waals surface area (Å²) in [5.74, 6) is 0.351. The van der Waals surface area contributed by atoms with Crippen LogP contribution in [0.15, 0.2) is 30.5 Å². The maximum Gasteiger partial charge on any atom is 0.408 e. The van der Waals surface area contributed by atoms with E-state index in [1.807, 2.05) is 27.7 Å². The molecule has 1 amide bonds. The molecule has 2 rings (SSSR count). The number of imidazole rings is 1. The summed E-state index contributed by atoms with van der Waals surface area (Å²) in [4.78, 5) is 19.4. The number of carbonyl (C=O) groups excluding carboxylic acids is 1. The van der Waals surface area contributed by atoms with Crippen molar-refractivity contribution in [3.05, 3.63) is 42.1 Å². The number of benzene rings is 1. The number of hydrogen-bond donors (Lipinski definition) is 2. The molecule has 2 N–H and O–H groups in total. The highest BCUT2D eigenvalue weighted by molar-refractivity contribution is 5.68. The summed E-state index contributed by atoms with van der Waals surface area (Å²) in [5.41, 5.74) is 1.05. The van der Waals surface area contributed by atoms with Gasteiger partial charge in [0.25, 0.3) is 0 Å². The van der Waals surface area contributed by atoms with Crippen LogP contribution in [0.5, 0.6) is 0 Å². The molecule has 5 nitrogen and oxygen atoms in total. The average Bonchev–Trinajstić information content (AvgIpc) is 2.93. The fourth-order valence-electron chi connectivity index (χ4n) is 2.10. The number of aromatic amines is 1. The number of rotatable bonds is 4. The van der Waals surface area contributed by atoms with Crippen molar-refractivity contribution < 1.29 is 13.9 Å². The second kappa shape index (κ2) is 6.81. The van der Waals surface area contributed by atoms with Crippen molar-refractivity contribution in [2.75, 3.05) is 0 Å². The van der Waals surface area contributed by atoms with E-state index >= 15 is 0 Å². The summed E-state index contributed by atoms with van der Waals surface area (Å²) in [5, 5.41) is 2.80. The van der Waals surface area contributed by atoms with E-state index in [1.165, 1.54) is 12.1 Å². The molecule has 1 aromatic carbocycles. The summed E-state index contributed by atoms with van der Waals surface area (Å²) < 4.78 is 18.2. The number of aromatic nitrogens is 2. The second-order valence-electron chi connectivity index (χ2n) is 6.30. The number of carbonyl (C=O) groups is 1. The first-order valence-electron chi connectivity index (χ1n) is 7.59. The Morgan fingerprint density at radius 1 is 1.35 bits per heavy atom. The number of alkyl carbamates (subject to hydrolysis) is 1. The average molecular weight is 319 g/mol. The Kier molecular flexibility index (Phi) is 5.03. The van der Waals surface area contributed by atoms with Crippen LogP contribution in [-0.2, 0) is 4.74 Å². The third-order valence-corrected chi connectivity index (χ3v) is 3.18. The molecule has 1 aromatic heterocycles. The Morgan fingerprint density at radius 2 is 2.00 bits per heavy atom. The lowest BCUT2D eigenvalue weighted by Gasteiger charge is -2.22. The molecule has 0 fully saturated rings. The molecule has 0 unspecified atom stereocenters. The van der Waals surface area contributed by atoms with Crippen LogP contribution in [0.25, 0.3) is 11.3 Å². The number of nitrogens with zero attached hydrogens (tertiary/aromatic N) is 1. The molecule has 0 saturated heterocycles. The molecule has 0 aliphatic rings. The van der Waals surface area contributed by atoms with Gasteiger partial charge in [0.15, 0.2) is 0 Å². The molecule has 2 aromatic rings. The van der Waals surface area contributed by atoms with Gasteiger partial charge in [-0.05, 0) is 57.0 Å².